The van der Waals surface area contributed by atoms with Gasteiger partial charge in [0.1, 0.15) is 0 Å². The molecule has 0 saturated heterocycles. The fourth-order valence-corrected chi connectivity index (χ4v) is 2.95. The van der Waals surface area contributed by atoms with Gasteiger partial charge in [-0.1, -0.05) is 29.8 Å². The standard InChI is InChI=1S/C20H16F3N2.C5H12O2.Ir/c1-12-4-6-15(7-5-12)18-19(25-14(3)13(2)24-18)16-8-10-17(11-9-16)20(21,22)23;1-4(6)3-5(2)7;/h4-8,10-11H,1-3H3;4-7H,3H2,1-2H3;/q-1;;. The van der Waals surface area contributed by atoms with Gasteiger partial charge < -0.3 is 10.2 Å². The Balaban J connectivity index is 0.000000595. The second-order valence-electron chi connectivity index (χ2n) is 7.88. The first-order valence-corrected chi connectivity index (χ1v) is 10.3. The molecule has 0 amide bonds. The predicted molar refractivity (Wildman–Crippen MR) is 119 cm³/mol. The molecule has 33 heavy (non-hydrogen) atoms. The molecule has 0 aliphatic heterocycles. The predicted octanol–water partition coefficient (Wildman–Crippen LogP) is 5.69. The number of aliphatic hydroxyl groups excluding tert-OH is 2. The van der Waals surface area contributed by atoms with Crippen LogP contribution in [0.25, 0.3) is 22.5 Å². The summed E-state index contributed by atoms with van der Waals surface area (Å²) in [4.78, 5) is 9.17. The van der Waals surface area contributed by atoms with Crippen LogP contribution >= 0.6 is 0 Å². The van der Waals surface area contributed by atoms with Crippen LogP contribution in [0.5, 0.6) is 0 Å². The normalized spacial score (nSPS) is 12.8. The molecule has 3 rings (SSSR count). The van der Waals surface area contributed by atoms with E-state index in [0.717, 1.165) is 34.6 Å². The van der Waals surface area contributed by atoms with Crippen molar-refractivity contribution in [3.8, 4) is 22.5 Å². The van der Waals surface area contributed by atoms with Crippen molar-refractivity contribution >= 4 is 0 Å². The van der Waals surface area contributed by atoms with Crippen molar-refractivity contribution in [2.24, 2.45) is 0 Å². The maximum atomic E-state index is 12.8. The topological polar surface area (TPSA) is 66.2 Å². The average Bonchev–Trinajstić information content (AvgIpc) is 2.69. The molecule has 4 nitrogen and oxygen atoms in total. The molecular weight excluding hydrogens is 609 g/mol. The number of aromatic nitrogens is 2. The molecular formula is C25H28F3IrN2O2-. The number of aryl methyl sites for hydroxylation is 3. The summed E-state index contributed by atoms with van der Waals surface area (Å²) in [6.07, 6.45) is -4.66. The van der Waals surface area contributed by atoms with Gasteiger partial charge in [0.2, 0.25) is 0 Å². The molecule has 2 unspecified atom stereocenters. The van der Waals surface area contributed by atoms with Gasteiger partial charge in [0, 0.05) is 31.5 Å². The molecule has 1 heterocycles. The van der Waals surface area contributed by atoms with Crippen LogP contribution in [-0.2, 0) is 26.3 Å². The number of aliphatic hydroxyl groups is 2. The third kappa shape index (κ3) is 8.63. The first-order valence-electron chi connectivity index (χ1n) is 10.3. The summed E-state index contributed by atoms with van der Waals surface area (Å²) in [5, 5.41) is 17.1. The Labute approximate surface area is 206 Å². The number of benzene rings is 2. The van der Waals surface area contributed by atoms with Crippen LogP contribution in [0, 0.1) is 26.8 Å². The van der Waals surface area contributed by atoms with Crippen LogP contribution in [0.1, 0.15) is 42.8 Å². The van der Waals surface area contributed by atoms with Crippen molar-refractivity contribution in [1.29, 1.82) is 0 Å². The van der Waals surface area contributed by atoms with E-state index in [0.29, 0.717) is 23.4 Å². The summed E-state index contributed by atoms with van der Waals surface area (Å²) in [6, 6.07) is 13.9. The van der Waals surface area contributed by atoms with Crippen molar-refractivity contribution in [3.05, 3.63) is 71.0 Å². The van der Waals surface area contributed by atoms with Crippen LogP contribution < -0.4 is 0 Å². The molecule has 0 saturated carbocycles. The van der Waals surface area contributed by atoms with Gasteiger partial charge in [0.25, 0.3) is 0 Å². The molecule has 0 spiro atoms. The zero-order valence-corrected chi connectivity index (χ0v) is 21.6. The molecule has 0 fully saturated rings. The fourth-order valence-electron chi connectivity index (χ4n) is 2.95. The number of nitrogens with zero attached hydrogens (tertiary/aromatic N) is 2. The van der Waals surface area contributed by atoms with Gasteiger partial charge >= 0.3 is 6.18 Å². The summed E-state index contributed by atoms with van der Waals surface area (Å²) in [7, 11) is 0. The third-order valence-electron chi connectivity index (χ3n) is 4.71. The molecule has 2 aromatic carbocycles. The smallest absolute Gasteiger partial charge is 0.381 e. The van der Waals surface area contributed by atoms with E-state index < -0.39 is 11.7 Å². The van der Waals surface area contributed by atoms with Gasteiger partial charge in [-0.15, -0.1) is 29.8 Å². The molecule has 1 radical (unpaired) electrons. The summed E-state index contributed by atoms with van der Waals surface area (Å²) in [5.41, 5.74) is 4.42. The number of hydrogen-bond donors (Lipinski definition) is 2. The largest absolute Gasteiger partial charge is 0.393 e. The third-order valence-corrected chi connectivity index (χ3v) is 4.71. The van der Waals surface area contributed by atoms with E-state index in [-0.39, 0.29) is 32.3 Å². The van der Waals surface area contributed by atoms with Crippen molar-refractivity contribution in [3.63, 3.8) is 0 Å². The molecule has 2 N–H and O–H groups in total. The monoisotopic (exact) mass is 638 g/mol. The zero-order valence-electron chi connectivity index (χ0n) is 19.2. The van der Waals surface area contributed by atoms with Gasteiger partial charge in [-0.05, 0) is 52.2 Å². The summed E-state index contributed by atoms with van der Waals surface area (Å²) >= 11 is 0. The minimum Gasteiger partial charge on any atom is -0.393 e. The average molecular weight is 638 g/mol. The Hall–Kier alpha value is -2.12. The molecule has 0 bridgehead atoms. The maximum Gasteiger partial charge on any atom is 0.381 e. The van der Waals surface area contributed by atoms with Gasteiger partial charge in [0.05, 0.1) is 23.6 Å². The summed E-state index contributed by atoms with van der Waals surface area (Å²) in [6.45, 7) is 8.99. The zero-order chi connectivity index (χ0) is 24.1. The van der Waals surface area contributed by atoms with Crippen LogP contribution in [0.3, 0.4) is 0 Å². The quantitative estimate of drug-likeness (QED) is 0.361. The van der Waals surface area contributed by atoms with Crippen molar-refractivity contribution in [1.82, 2.24) is 9.97 Å². The molecule has 0 aliphatic rings. The van der Waals surface area contributed by atoms with Gasteiger partial charge in [-0.3, -0.25) is 9.97 Å². The molecule has 3 aromatic rings. The minimum absolute atomic E-state index is 0. The number of halogens is 3. The van der Waals surface area contributed by atoms with E-state index in [1.165, 1.54) is 6.07 Å². The molecule has 8 heteroatoms. The Morgan fingerprint density at radius 1 is 0.848 bits per heavy atom. The van der Waals surface area contributed by atoms with Crippen molar-refractivity contribution < 1.29 is 43.5 Å². The summed E-state index contributed by atoms with van der Waals surface area (Å²) in [5.74, 6) is 0. The van der Waals surface area contributed by atoms with Crippen molar-refractivity contribution in [2.75, 3.05) is 0 Å². The molecule has 2 atom stereocenters. The second kappa shape index (κ2) is 12.4. The van der Waals surface area contributed by atoms with E-state index in [9.17, 15) is 13.2 Å². The van der Waals surface area contributed by atoms with Gasteiger partial charge in [0.15, 0.2) is 0 Å². The molecule has 181 valence electrons. The summed E-state index contributed by atoms with van der Waals surface area (Å²) < 4.78 is 38.3. The van der Waals surface area contributed by atoms with E-state index in [2.05, 4.69) is 16.0 Å². The van der Waals surface area contributed by atoms with Crippen molar-refractivity contribution in [2.45, 2.75) is 59.4 Å². The Morgan fingerprint density at radius 2 is 1.36 bits per heavy atom. The fraction of sp³-hybridized carbons (Fsp3) is 0.360. The van der Waals surface area contributed by atoms with Crippen LogP contribution in [-0.4, -0.2) is 32.4 Å². The molecule has 0 aliphatic carbocycles. The van der Waals surface area contributed by atoms with Gasteiger partial charge in [-0.2, -0.15) is 13.2 Å². The SMILES string of the molecule is CC(O)CC(C)O.Cc1ccc(-c2nc(C)c(C)nc2-c2[c-]cc(C(F)(F)F)cc2)cc1.[Ir]. The number of hydrogen-bond acceptors (Lipinski definition) is 4. The van der Waals surface area contributed by atoms with Gasteiger partial charge in [-0.25, -0.2) is 0 Å². The number of alkyl halides is 3. The maximum absolute atomic E-state index is 12.8. The first kappa shape index (κ1) is 28.9. The van der Waals surface area contributed by atoms with E-state index in [1.54, 1.807) is 13.8 Å². The van der Waals surface area contributed by atoms with Crippen LogP contribution in [0.2, 0.25) is 0 Å². The van der Waals surface area contributed by atoms with Crippen LogP contribution in [0.15, 0.2) is 42.5 Å². The van der Waals surface area contributed by atoms with E-state index in [4.69, 9.17) is 10.2 Å². The van der Waals surface area contributed by atoms with Crippen LogP contribution in [0.4, 0.5) is 13.2 Å². The van der Waals surface area contributed by atoms with E-state index in [1.807, 2.05) is 45.0 Å². The Morgan fingerprint density at radius 3 is 1.76 bits per heavy atom. The Kier molecular flexibility index (Phi) is 10.8. The Bertz CT molecular complexity index is 1010. The first-order chi connectivity index (χ1) is 14.9. The minimum atomic E-state index is -4.39. The number of rotatable bonds is 4. The molecule has 1 aromatic heterocycles. The second-order valence-corrected chi connectivity index (χ2v) is 7.88. The van der Waals surface area contributed by atoms with E-state index >= 15 is 0 Å².